The lowest BCUT2D eigenvalue weighted by Crippen LogP contribution is -1.92. The molecule has 3 nitrogen and oxygen atoms in total. The van der Waals surface area contributed by atoms with E-state index in [0.29, 0.717) is 22.8 Å². The molecule has 0 aromatic carbocycles. The number of hydrogen-bond acceptors (Lipinski definition) is 3. The molecule has 0 fully saturated rings. The van der Waals surface area contributed by atoms with Gasteiger partial charge in [-0.3, -0.25) is 4.99 Å². The van der Waals surface area contributed by atoms with Gasteiger partial charge in [0.2, 0.25) is 5.88 Å². The molecule has 0 aliphatic rings. The molecule has 0 radical (unpaired) electrons. The van der Waals surface area contributed by atoms with Crippen LogP contribution in [0.15, 0.2) is 36.4 Å². The highest BCUT2D eigenvalue weighted by Crippen LogP contribution is 2.26. The van der Waals surface area contributed by atoms with Gasteiger partial charge in [0.25, 0.3) is 0 Å². The highest BCUT2D eigenvalue weighted by Gasteiger charge is 2.06. The average Bonchev–Trinajstić information content (AvgIpc) is 2.35. The molecule has 0 N–H and O–H groups in total. The molecule has 0 bridgehead atoms. The number of ether oxygens (including phenoxy) is 1. The van der Waals surface area contributed by atoms with Crippen molar-refractivity contribution in [3.63, 3.8) is 0 Å². The molecule has 0 aliphatic carbocycles. The van der Waals surface area contributed by atoms with Gasteiger partial charge < -0.3 is 4.74 Å². The van der Waals surface area contributed by atoms with Gasteiger partial charge in [0.1, 0.15) is 6.67 Å². The minimum atomic E-state index is -0.619. The first kappa shape index (κ1) is 12.1. The van der Waals surface area contributed by atoms with Crippen LogP contribution in [0.25, 0.3) is 5.57 Å². The number of methoxy groups -OCH3 is 1. The quantitative estimate of drug-likeness (QED) is 0.564. The first-order valence-electron chi connectivity index (χ1n) is 4.68. The number of allylic oxidation sites excluding steroid dienone is 2. The van der Waals surface area contributed by atoms with Crippen LogP contribution in [-0.4, -0.2) is 25.0 Å². The number of aromatic nitrogens is 1. The smallest absolute Gasteiger partial charge is 0.213 e. The van der Waals surface area contributed by atoms with Crippen molar-refractivity contribution in [1.29, 1.82) is 0 Å². The highest BCUT2D eigenvalue weighted by molar-refractivity contribution is 5.79. The zero-order valence-electron chi connectivity index (χ0n) is 9.11. The third-order valence-electron chi connectivity index (χ3n) is 1.91. The first-order valence-corrected chi connectivity index (χ1v) is 4.68. The Balaban J connectivity index is 3.21. The number of hydrogen-bond donors (Lipinski definition) is 0. The van der Waals surface area contributed by atoms with E-state index < -0.39 is 6.67 Å². The van der Waals surface area contributed by atoms with Gasteiger partial charge in [0, 0.05) is 12.3 Å². The number of rotatable bonds is 5. The summed E-state index contributed by atoms with van der Waals surface area (Å²) in [7, 11) is 1.52. The molecule has 0 atom stereocenters. The summed E-state index contributed by atoms with van der Waals surface area (Å²) in [5, 5.41) is 0. The van der Waals surface area contributed by atoms with Gasteiger partial charge in [0.05, 0.1) is 18.5 Å². The Morgan fingerprint density at radius 2 is 2.38 bits per heavy atom. The molecule has 16 heavy (non-hydrogen) atoms. The van der Waals surface area contributed by atoms with Crippen LogP contribution in [0.4, 0.5) is 10.1 Å². The van der Waals surface area contributed by atoms with Crippen LogP contribution >= 0.6 is 0 Å². The largest absolute Gasteiger partial charge is 0.481 e. The van der Waals surface area contributed by atoms with Gasteiger partial charge in [0.15, 0.2) is 0 Å². The van der Waals surface area contributed by atoms with E-state index >= 15 is 0 Å². The van der Waals surface area contributed by atoms with Crippen LogP contribution in [0.5, 0.6) is 5.88 Å². The third-order valence-corrected chi connectivity index (χ3v) is 1.91. The van der Waals surface area contributed by atoms with E-state index in [9.17, 15) is 4.39 Å². The minimum Gasteiger partial charge on any atom is -0.481 e. The summed E-state index contributed by atoms with van der Waals surface area (Å²) in [6, 6.07) is 3.35. The summed E-state index contributed by atoms with van der Waals surface area (Å²) >= 11 is 0. The Kier molecular flexibility index (Phi) is 4.39. The Labute approximate surface area is 94.0 Å². The van der Waals surface area contributed by atoms with Gasteiger partial charge >= 0.3 is 0 Å². The third kappa shape index (κ3) is 2.76. The fourth-order valence-corrected chi connectivity index (χ4v) is 1.12. The maximum atomic E-state index is 12.0. The van der Waals surface area contributed by atoms with Crippen molar-refractivity contribution in [2.45, 2.75) is 0 Å². The maximum absolute atomic E-state index is 12.0. The van der Waals surface area contributed by atoms with E-state index in [-0.39, 0.29) is 0 Å². The van der Waals surface area contributed by atoms with Crippen molar-refractivity contribution in [1.82, 2.24) is 4.98 Å². The standard InChI is InChI=1S/C12H13FN2O/c1-4-9(2)12-10(14-8-7-13)5-6-11(15-12)16-3/h4-6,8H,1-2,7H2,3H3. The molecule has 0 unspecified atom stereocenters. The number of pyridine rings is 1. The normalized spacial score (nSPS) is 10.4. The monoisotopic (exact) mass is 220 g/mol. The summed E-state index contributed by atoms with van der Waals surface area (Å²) < 4.78 is 17.0. The van der Waals surface area contributed by atoms with Gasteiger partial charge in [-0.15, -0.1) is 0 Å². The van der Waals surface area contributed by atoms with Crippen LogP contribution in [0.1, 0.15) is 5.69 Å². The van der Waals surface area contributed by atoms with Gasteiger partial charge in [-0.1, -0.05) is 19.2 Å². The second kappa shape index (κ2) is 5.80. The van der Waals surface area contributed by atoms with Crippen molar-refractivity contribution in [2.24, 2.45) is 4.99 Å². The summed E-state index contributed by atoms with van der Waals surface area (Å²) in [6.07, 6.45) is 2.74. The lowest BCUT2D eigenvalue weighted by atomic mass is 10.1. The van der Waals surface area contributed by atoms with E-state index in [1.54, 1.807) is 18.2 Å². The molecule has 0 saturated carbocycles. The van der Waals surface area contributed by atoms with E-state index in [1.165, 1.54) is 13.3 Å². The molecular weight excluding hydrogens is 207 g/mol. The number of aliphatic imine (C=N–C) groups is 1. The van der Waals surface area contributed by atoms with Crippen molar-refractivity contribution in [2.75, 3.05) is 13.8 Å². The molecule has 1 heterocycles. The maximum Gasteiger partial charge on any atom is 0.213 e. The molecule has 1 aromatic rings. The molecule has 0 saturated heterocycles. The van der Waals surface area contributed by atoms with E-state index in [2.05, 4.69) is 23.1 Å². The second-order valence-corrected chi connectivity index (χ2v) is 2.92. The Morgan fingerprint density at radius 1 is 1.62 bits per heavy atom. The molecule has 1 aromatic heterocycles. The molecule has 0 aliphatic heterocycles. The fourth-order valence-electron chi connectivity index (χ4n) is 1.12. The van der Waals surface area contributed by atoms with Gasteiger partial charge in [-0.2, -0.15) is 0 Å². The van der Waals surface area contributed by atoms with Crippen LogP contribution in [0, 0.1) is 0 Å². The zero-order valence-corrected chi connectivity index (χ0v) is 9.11. The van der Waals surface area contributed by atoms with Crippen molar-refractivity contribution in [3.05, 3.63) is 37.1 Å². The minimum absolute atomic E-state index is 0.456. The molecular formula is C12H13FN2O. The molecule has 1 rings (SSSR count). The van der Waals surface area contributed by atoms with Crippen LogP contribution < -0.4 is 4.74 Å². The predicted molar refractivity (Wildman–Crippen MR) is 64.1 cm³/mol. The van der Waals surface area contributed by atoms with Gasteiger partial charge in [-0.05, 0) is 11.6 Å². The molecule has 0 amide bonds. The topological polar surface area (TPSA) is 34.5 Å². The van der Waals surface area contributed by atoms with Crippen LogP contribution in [0.2, 0.25) is 0 Å². The fraction of sp³-hybridized carbons (Fsp3) is 0.167. The summed E-state index contributed by atoms with van der Waals surface area (Å²) in [5.41, 5.74) is 1.70. The number of nitrogens with zero attached hydrogens (tertiary/aromatic N) is 2. The predicted octanol–water partition coefficient (Wildman–Crippen LogP) is 2.96. The second-order valence-electron chi connectivity index (χ2n) is 2.92. The lowest BCUT2D eigenvalue weighted by molar-refractivity contribution is 0.397. The van der Waals surface area contributed by atoms with E-state index in [0.717, 1.165) is 0 Å². The molecule has 84 valence electrons. The summed E-state index contributed by atoms with van der Waals surface area (Å²) in [6.45, 7) is 6.77. The van der Waals surface area contributed by atoms with Crippen LogP contribution in [-0.2, 0) is 0 Å². The Morgan fingerprint density at radius 3 is 2.94 bits per heavy atom. The van der Waals surface area contributed by atoms with Crippen molar-refractivity contribution >= 4 is 17.5 Å². The molecule has 0 spiro atoms. The Bertz CT molecular complexity index is 427. The lowest BCUT2D eigenvalue weighted by Gasteiger charge is -2.06. The number of halogens is 1. The van der Waals surface area contributed by atoms with E-state index in [1.807, 2.05) is 0 Å². The zero-order chi connectivity index (χ0) is 12.0. The highest BCUT2D eigenvalue weighted by atomic mass is 19.1. The number of alkyl halides is 1. The van der Waals surface area contributed by atoms with Gasteiger partial charge in [-0.25, -0.2) is 9.37 Å². The summed E-state index contributed by atoms with van der Waals surface area (Å²) in [5.74, 6) is 0.456. The summed E-state index contributed by atoms with van der Waals surface area (Å²) in [4.78, 5) is 8.13. The van der Waals surface area contributed by atoms with Crippen molar-refractivity contribution < 1.29 is 9.13 Å². The average molecular weight is 220 g/mol. The SMILES string of the molecule is C=CC(=C)c1nc(OC)ccc1N=CCF. The Hall–Kier alpha value is -1.97. The van der Waals surface area contributed by atoms with Crippen LogP contribution in [0.3, 0.4) is 0 Å². The first-order chi connectivity index (χ1) is 7.72. The van der Waals surface area contributed by atoms with E-state index in [4.69, 9.17) is 4.74 Å². The molecule has 4 heteroatoms. The van der Waals surface area contributed by atoms with Crippen molar-refractivity contribution in [3.8, 4) is 5.88 Å².